The summed E-state index contributed by atoms with van der Waals surface area (Å²) in [5, 5.41) is 2.18. The molecule has 2 aromatic carbocycles. The molecule has 1 N–H and O–H groups in total. The van der Waals surface area contributed by atoms with Crippen molar-refractivity contribution in [2.24, 2.45) is 5.92 Å². The lowest BCUT2D eigenvalue weighted by molar-refractivity contribution is -0.138. The van der Waals surface area contributed by atoms with Crippen molar-refractivity contribution in [3.63, 3.8) is 0 Å². The summed E-state index contributed by atoms with van der Waals surface area (Å²) < 4.78 is 38.2. The van der Waals surface area contributed by atoms with Crippen LogP contribution in [0.25, 0.3) is 0 Å². The molecule has 3 amide bonds. The number of para-hydroxylation sites is 1. The van der Waals surface area contributed by atoms with E-state index < -0.39 is 29.1 Å². The highest BCUT2D eigenvalue weighted by Crippen LogP contribution is 2.28. The van der Waals surface area contributed by atoms with Gasteiger partial charge in [-0.3, -0.25) is 14.4 Å². The third-order valence-electron chi connectivity index (χ3n) is 5.94. The number of likely N-dealkylation sites (tertiary alicyclic amines) is 1. The Labute approximate surface area is 202 Å². The SMILES string of the molecule is CCN(CC(=O)Nc1c(F)cccc1F)C(=O)[C@@H]1CC(=O)N(CCc2ccc(OC)c(OC)c2)C1. The molecule has 188 valence electrons. The summed E-state index contributed by atoms with van der Waals surface area (Å²) in [6.07, 6.45) is 0.617. The van der Waals surface area contributed by atoms with E-state index in [9.17, 15) is 23.2 Å². The molecule has 0 aliphatic carbocycles. The first kappa shape index (κ1) is 25.9. The first-order chi connectivity index (χ1) is 16.8. The molecular formula is C25H29F2N3O5. The molecule has 1 fully saturated rings. The van der Waals surface area contributed by atoms with Crippen molar-refractivity contribution in [2.75, 3.05) is 45.7 Å². The fraction of sp³-hybridized carbons (Fsp3) is 0.400. The van der Waals surface area contributed by atoms with Crippen molar-refractivity contribution >= 4 is 23.4 Å². The van der Waals surface area contributed by atoms with Crippen LogP contribution in [0.3, 0.4) is 0 Å². The molecule has 10 heteroatoms. The number of amides is 3. The second kappa shape index (κ2) is 11.6. The van der Waals surface area contributed by atoms with E-state index in [1.54, 1.807) is 32.1 Å². The highest BCUT2D eigenvalue weighted by molar-refractivity contribution is 5.96. The van der Waals surface area contributed by atoms with Gasteiger partial charge < -0.3 is 24.6 Å². The normalized spacial score (nSPS) is 15.2. The van der Waals surface area contributed by atoms with E-state index >= 15 is 0 Å². The van der Waals surface area contributed by atoms with Gasteiger partial charge in [-0.25, -0.2) is 8.78 Å². The lowest BCUT2D eigenvalue weighted by atomic mass is 10.1. The van der Waals surface area contributed by atoms with Crippen molar-refractivity contribution in [1.29, 1.82) is 0 Å². The summed E-state index contributed by atoms with van der Waals surface area (Å²) in [5.74, 6) is -2.40. The molecule has 0 spiro atoms. The molecule has 0 radical (unpaired) electrons. The van der Waals surface area contributed by atoms with Gasteiger partial charge >= 0.3 is 0 Å². The van der Waals surface area contributed by atoms with Gasteiger partial charge in [0.05, 0.1) is 26.7 Å². The maximum absolute atomic E-state index is 13.8. The van der Waals surface area contributed by atoms with Gasteiger partial charge in [-0.05, 0) is 43.2 Å². The van der Waals surface area contributed by atoms with Crippen LogP contribution in [0.4, 0.5) is 14.5 Å². The molecule has 1 heterocycles. The lowest BCUT2D eigenvalue weighted by Crippen LogP contribution is -2.42. The van der Waals surface area contributed by atoms with Crippen molar-refractivity contribution in [3.8, 4) is 11.5 Å². The average Bonchev–Trinajstić information content (AvgIpc) is 3.23. The molecule has 35 heavy (non-hydrogen) atoms. The summed E-state index contributed by atoms with van der Waals surface area (Å²) in [6.45, 7) is 2.20. The first-order valence-corrected chi connectivity index (χ1v) is 11.3. The van der Waals surface area contributed by atoms with Crippen molar-refractivity contribution in [3.05, 3.63) is 53.6 Å². The number of benzene rings is 2. The summed E-state index contributed by atoms with van der Waals surface area (Å²) in [4.78, 5) is 40.8. The van der Waals surface area contributed by atoms with Crippen molar-refractivity contribution in [1.82, 2.24) is 9.80 Å². The molecule has 2 aromatic rings. The van der Waals surface area contributed by atoms with E-state index in [-0.39, 0.29) is 37.9 Å². The highest BCUT2D eigenvalue weighted by Gasteiger charge is 2.36. The number of likely N-dealkylation sites (N-methyl/N-ethyl adjacent to an activating group) is 1. The molecule has 0 aromatic heterocycles. The topological polar surface area (TPSA) is 88.2 Å². The number of nitrogens with one attached hydrogen (secondary N) is 1. The van der Waals surface area contributed by atoms with Crippen LogP contribution >= 0.6 is 0 Å². The van der Waals surface area contributed by atoms with Gasteiger partial charge in [0.25, 0.3) is 0 Å². The number of anilines is 1. The van der Waals surface area contributed by atoms with Crippen LogP contribution < -0.4 is 14.8 Å². The number of ether oxygens (including phenoxy) is 2. The first-order valence-electron chi connectivity index (χ1n) is 11.3. The molecule has 0 bridgehead atoms. The third kappa shape index (κ3) is 6.26. The molecule has 1 aliphatic heterocycles. The Balaban J connectivity index is 1.57. The van der Waals surface area contributed by atoms with Crippen LogP contribution in [0.15, 0.2) is 36.4 Å². The second-order valence-electron chi connectivity index (χ2n) is 8.18. The zero-order chi connectivity index (χ0) is 25.5. The van der Waals surface area contributed by atoms with Crippen LogP contribution in [-0.4, -0.2) is 67.9 Å². The largest absolute Gasteiger partial charge is 0.493 e. The van der Waals surface area contributed by atoms with E-state index in [0.29, 0.717) is 24.5 Å². The monoisotopic (exact) mass is 489 g/mol. The van der Waals surface area contributed by atoms with Crippen molar-refractivity contribution in [2.45, 2.75) is 19.8 Å². The average molecular weight is 490 g/mol. The van der Waals surface area contributed by atoms with E-state index in [4.69, 9.17) is 9.47 Å². The zero-order valence-electron chi connectivity index (χ0n) is 20.0. The Hall–Kier alpha value is -3.69. The Bertz CT molecular complexity index is 1070. The summed E-state index contributed by atoms with van der Waals surface area (Å²) in [5.41, 5.74) is 0.399. The van der Waals surface area contributed by atoms with Crippen LogP contribution in [0.1, 0.15) is 18.9 Å². The maximum Gasteiger partial charge on any atom is 0.244 e. The van der Waals surface area contributed by atoms with Crippen LogP contribution in [-0.2, 0) is 20.8 Å². The maximum atomic E-state index is 13.8. The van der Waals surface area contributed by atoms with Crippen molar-refractivity contribution < 1.29 is 32.6 Å². The quantitative estimate of drug-likeness (QED) is 0.555. The molecule has 8 nitrogen and oxygen atoms in total. The van der Waals surface area contributed by atoms with Gasteiger partial charge in [-0.1, -0.05) is 12.1 Å². The number of carbonyl (C=O) groups excluding carboxylic acids is 3. The standard InChI is InChI=1S/C25H29F2N3O5/c1-4-29(15-22(31)28-24-18(26)6-5-7-19(24)27)25(33)17-13-23(32)30(14-17)11-10-16-8-9-20(34-2)21(12-16)35-3/h5-9,12,17H,4,10-11,13-15H2,1-3H3,(H,28,31)/t17-/m1/s1. The number of rotatable bonds is 10. The molecule has 1 saturated heterocycles. The number of hydrogen-bond donors (Lipinski definition) is 1. The zero-order valence-corrected chi connectivity index (χ0v) is 20.0. The van der Waals surface area contributed by atoms with Crippen LogP contribution in [0, 0.1) is 17.6 Å². The smallest absolute Gasteiger partial charge is 0.244 e. The predicted molar refractivity (Wildman–Crippen MR) is 125 cm³/mol. The Morgan fingerprint density at radius 3 is 2.43 bits per heavy atom. The minimum atomic E-state index is -0.903. The Morgan fingerprint density at radius 2 is 1.80 bits per heavy atom. The van der Waals surface area contributed by atoms with Crippen LogP contribution in [0.5, 0.6) is 11.5 Å². The number of hydrogen-bond acceptors (Lipinski definition) is 5. The van der Waals surface area contributed by atoms with Gasteiger partial charge in [0.15, 0.2) is 11.5 Å². The fourth-order valence-corrected chi connectivity index (χ4v) is 4.03. The third-order valence-corrected chi connectivity index (χ3v) is 5.94. The molecule has 0 unspecified atom stereocenters. The Morgan fingerprint density at radius 1 is 1.11 bits per heavy atom. The summed E-state index contributed by atoms with van der Waals surface area (Å²) in [7, 11) is 3.10. The van der Waals surface area contributed by atoms with Crippen LogP contribution in [0.2, 0.25) is 0 Å². The highest BCUT2D eigenvalue weighted by atomic mass is 19.1. The second-order valence-corrected chi connectivity index (χ2v) is 8.18. The minimum absolute atomic E-state index is 0.0465. The van der Waals surface area contributed by atoms with Gasteiger partial charge in [0.2, 0.25) is 17.7 Å². The van der Waals surface area contributed by atoms with E-state index in [0.717, 1.165) is 17.7 Å². The van der Waals surface area contributed by atoms with Gasteiger partial charge in [0, 0.05) is 26.1 Å². The summed E-state index contributed by atoms with van der Waals surface area (Å²) >= 11 is 0. The van der Waals surface area contributed by atoms with Gasteiger partial charge in [-0.15, -0.1) is 0 Å². The van der Waals surface area contributed by atoms with E-state index in [1.165, 1.54) is 11.0 Å². The summed E-state index contributed by atoms with van der Waals surface area (Å²) in [6, 6.07) is 8.78. The molecule has 0 saturated carbocycles. The van der Waals surface area contributed by atoms with Gasteiger partial charge in [0.1, 0.15) is 17.3 Å². The predicted octanol–water partition coefficient (Wildman–Crippen LogP) is 2.86. The molecule has 3 rings (SSSR count). The molecule has 1 atom stereocenters. The number of methoxy groups -OCH3 is 2. The minimum Gasteiger partial charge on any atom is -0.493 e. The van der Waals surface area contributed by atoms with E-state index in [2.05, 4.69) is 5.32 Å². The Kier molecular flexibility index (Phi) is 8.62. The molecular weight excluding hydrogens is 460 g/mol. The number of halogens is 2. The number of carbonyl (C=O) groups is 3. The van der Waals surface area contributed by atoms with Gasteiger partial charge in [-0.2, -0.15) is 0 Å². The molecule has 1 aliphatic rings. The lowest BCUT2D eigenvalue weighted by Gasteiger charge is -2.24. The number of nitrogens with zero attached hydrogens (tertiary/aromatic N) is 2. The fourth-order valence-electron chi connectivity index (χ4n) is 4.03. The van der Waals surface area contributed by atoms with E-state index in [1.807, 2.05) is 12.1 Å².